The van der Waals surface area contributed by atoms with Gasteiger partial charge in [0.25, 0.3) is 5.91 Å². The Labute approximate surface area is 150 Å². The third-order valence-electron chi connectivity index (χ3n) is 3.98. The van der Waals surface area contributed by atoms with Crippen LogP contribution >= 0.6 is 11.3 Å². The Balaban J connectivity index is 1.75. The summed E-state index contributed by atoms with van der Waals surface area (Å²) in [6, 6.07) is 7.01. The molecule has 3 rings (SSSR count). The zero-order valence-electron chi connectivity index (χ0n) is 14.3. The number of ether oxygens (including phenoxy) is 2. The lowest BCUT2D eigenvalue weighted by Gasteiger charge is -2.11. The number of anilines is 2. The quantitative estimate of drug-likeness (QED) is 0.824. The zero-order valence-corrected chi connectivity index (χ0v) is 15.2. The highest BCUT2D eigenvalue weighted by atomic mass is 32.1. The van der Waals surface area contributed by atoms with E-state index in [0.717, 1.165) is 18.4 Å². The monoisotopic (exact) mass is 360 g/mol. The minimum atomic E-state index is -0.238. The fraction of sp³-hybridized carbons (Fsp3) is 0.333. The van der Waals surface area contributed by atoms with Gasteiger partial charge in [0.05, 0.1) is 29.8 Å². The number of hydrogen-bond donors (Lipinski definition) is 2. The first kappa shape index (κ1) is 17.3. The number of hydrogen-bond acceptors (Lipinski definition) is 5. The molecule has 2 N–H and O–H groups in total. The van der Waals surface area contributed by atoms with Gasteiger partial charge in [0.2, 0.25) is 5.91 Å². The lowest BCUT2D eigenvalue weighted by atomic mass is 10.2. The molecule has 0 saturated heterocycles. The minimum Gasteiger partial charge on any atom is -0.497 e. The van der Waals surface area contributed by atoms with E-state index in [1.54, 1.807) is 25.3 Å². The van der Waals surface area contributed by atoms with Gasteiger partial charge < -0.3 is 20.1 Å². The molecule has 1 saturated carbocycles. The van der Waals surface area contributed by atoms with Crippen LogP contribution in [0.2, 0.25) is 0 Å². The second-order valence-corrected chi connectivity index (χ2v) is 6.96. The van der Waals surface area contributed by atoms with Gasteiger partial charge in [-0.25, -0.2) is 0 Å². The summed E-state index contributed by atoms with van der Waals surface area (Å²) in [5.74, 6) is 1.09. The first-order valence-electron chi connectivity index (χ1n) is 7.96. The van der Waals surface area contributed by atoms with Crippen LogP contribution in [0.4, 0.5) is 10.7 Å². The van der Waals surface area contributed by atoms with E-state index in [4.69, 9.17) is 9.47 Å². The molecule has 0 aliphatic heterocycles. The lowest BCUT2D eigenvalue weighted by Crippen LogP contribution is -2.12. The number of carbonyl (C=O) groups excluding carboxylic acids is 2. The van der Waals surface area contributed by atoms with Gasteiger partial charge in [0.15, 0.2) is 0 Å². The van der Waals surface area contributed by atoms with Gasteiger partial charge in [0.1, 0.15) is 11.5 Å². The summed E-state index contributed by atoms with van der Waals surface area (Å²) in [5.41, 5.74) is 1.38. The average molecular weight is 360 g/mol. The Kier molecular flexibility index (Phi) is 4.94. The van der Waals surface area contributed by atoms with E-state index in [-0.39, 0.29) is 17.7 Å². The van der Waals surface area contributed by atoms with Crippen molar-refractivity contribution in [3.8, 4) is 11.5 Å². The Morgan fingerprint density at radius 2 is 1.88 bits per heavy atom. The highest BCUT2D eigenvalue weighted by molar-refractivity contribution is 7.18. The van der Waals surface area contributed by atoms with E-state index in [1.807, 2.05) is 13.0 Å². The molecule has 2 amide bonds. The van der Waals surface area contributed by atoms with Crippen molar-refractivity contribution in [2.45, 2.75) is 19.8 Å². The molecule has 2 aromatic rings. The molecule has 25 heavy (non-hydrogen) atoms. The Morgan fingerprint density at radius 3 is 2.52 bits per heavy atom. The van der Waals surface area contributed by atoms with Crippen molar-refractivity contribution >= 4 is 33.8 Å². The third-order valence-corrected chi connectivity index (χ3v) is 5.13. The molecule has 1 aromatic heterocycles. The SMILES string of the molecule is COc1ccc(NC(=O)c2sc(NC(=O)C3CC3)cc2C)c(OC)c1. The summed E-state index contributed by atoms with van der Waals surface area (Å²) in [6.07, 6.45) is 1.89. The maximum Gasteiger partial charge on any atom is 0.266 e. The number of amides is 2. The van der Waals surface area contributed by atoms with Gasteiger partial charge in [-0.1, -0.05) is 0 Å². The second kappa shape index (κ2) is 7.14. The number of benzene rings is 1. The Hall–Kier alpha value is -2.54. The lowest BCUT2D eigenvalue weighted by molar-refractivity contribution is -0.117. The van der Waals surface area contributed by atoms with E-state index in [2.05, 4.69) is 10.6 Å². The molecule has 0 spiro atoms. The molecule has 1 aliphatic carbocycles. The van der Waals surface area contributed by atoms with Crippen molar-refractivity contribution in [3.05, 3.63) is 34.7 Å². The van der Waals surface area contributed by atoms with E-state index in [1.165, 1.54) is 18.4 Å². The van der Waals surface area contributed by atoms with Crippen molar-refractivity contribution in [1.29, 1.82) is 0 Å². The number of thiophene rings is 1. The summed E-state index contributed by atoms with van der Waals surface area (Å²) in [5, 5.41) is 6.43. The molecular weight excluding hydrogens is 340 g/mol. The summed E-state index contributed by atoms with van der Waals surface area (Å²) in [7, 11) is 3.10. The van der Waals surface area contributed by atoms with E-state index < -0.39 is 0 Å². The second-order valence-electron chi connectivity index (χ2n) is 5.91. The Bertz CT molecular complexity index is 811. The van der Waals surface area contributed by atoms with Crippen LogP contribution in [0.5, 0.6) is 11.5 Å². The van der Waals surface area contributed by atoms with Crippen molar-refractivity contribution in [2.24, 2.45) is 5.92 Å². The largest absolute Gasteiger partial charge is 0.497 e. The molecule has 1 fully saturated rings. The summed E-state index contributed by atoms with van der Waals surface area (Å²) in [4.78, 5) is 25.0. The van der Waals surface area contributed by atoms with Gasteiger partial charge in [-0.3, -0.25) is 9.59 Å². The number of nitrogens with one attached hydrogen (secondary N) is 2. The molecule has 0 radical (unpaired) electrons. The van der Waals surface area contributed by atoms with Gasteiger partial charge in [0, 0.05) is 12.0 Å². The molecule has 0 unspecified atom stereocenters. The molecule has 1 aromatic carbocycles. The molecule has 1 heterocycles. The summed E-state index contributed by atoms with van der Waals surface area (Å²) < 4.78 is 10.5. The topological polar surface area (TPSA) is 76.7 Å². The maximum absolute atomic E-state index is 12.6. The highest BCUT2D eigenvalue weighted by Gasteiger charge is 2.30. The molecule has 0 bridgehead atoms. The van der Waals surface area contributed by atoms with Crippen LogP contribution in [0.3, 0.4) is 0 Å². The number of carbonyl (C=O) groups is 2. The van der Waals surface area contributed by atoms with Crippen molar-refractivity contribution in [1.82, 2.24) is 0 Å². The summed E-state index contributed by atoms with van der Waals surface area (Å²) in [6.45, 7) is 1.85. The molecular formula is C18H20N2O4S. The summed E-state index contributed by atoms with van der Waals surface area (Å²) >= 11 is 1.27. The van der Waals surface area contributed by atoms with Crippen molar-refractivity contribution < 1.29 is 19.1 Å². The maximum atomic E-state index is 12.6. The molecule has 0 atom stereocenters. The third kappa shape index (κ3) is 3.93. The van der Waals surface area contributed by atoms with E-state index in [0.29, 0.717) is 27.1 Å². The van der Waals surface area contributed by atoms with Gasteiger partial charge in [-0.15, -0.1) is 11.3 Å². The molecule has 6 nitrogen and oxygen atoms in total. The first-order valence-corrected chi connectivity index (χ1v) is 8.78. The van der Waals surface area contributed by atoms with Gasteiger partial charge >= 0.3 is 0 Å². The Morgan fingerprint density at radius 1 is 1.12 bits per heavy atom. The predicted octanol–water partition coefficient (Wildman–Crippen LogP) is 3.67. The molecule has 1 aliphatic rings. The van der Waals surface area contributed by atoms with Crippen molar-refractivity contribution in [3.63, 3.8) is 0 Å². The van der Waals surface area contributed by atoms with Crippen LogP contribution in [0.25, 0.3) is 0 Å². The van der Waals surface area contributed by atoms with Crippen LogP contribution in [-0.4, -0.2) is 26.0 Å². The van der Waals surface area contributed by atoms with Crippen LogP contribution in [-0.2, 0) is 4.79 Å². The van der Waals surface area contributed by atoms with Crippen LogP contribution < -0.4 is 20.1 Å². The first-order chi connectivity index (χ1) is 12.0. The van der Waals surface area contributed by atoms with E-state index >= 15 is 0 Å². The molecule has 7 heteroatoms. The fourth-order valence-corrected chi connectivity index (χ4v) is 3.39. The average Bonchev–Trinajstić information content (AvgIpc) is 3.39. The standard InChI is InChI=1S/C18H20N2O4S/c1-10-8-15(20-17(21)11-4-5-11)25-16(10)18(22)19-13-7-6-12(23-2)9-14(13)24-3/h6-9,11H,4-5H2,1-3H3,(H,19,22)(H,20,21). The highest BCUT2D eigenvalue weighted by Crippen LogP contribution is 2.34. The van der Waals surface area contributed by atoms with E-state index in [9.17, 15) is 9.59 Å². The van der Waals surface area contributed by atoms with Crippen LogP contribution in [0.1, 0.15) is 28.1 Å². The number of aryl methyl sites for hydroxylation is 1. The minimum absolute atomic E-state index is 0.0324. The fourth-order valence-electron chi connectivity index (χ4n) is 2.42. The zero-order chi connectivity index (χ0) is 18.0. The number of rotatable bonds is 6. The smallest absolute Gasteiger partial charge is 0.266 e. The van der Waals surface area contributed by atoms with Gasteiger partial charge in [-0.2, -0.15) is 0 Å². The van der Waals surface area contributed by atoms with Crippen LogP contribution in [0, 0.1) is 12.8 Å². The normalized spacial score (nSPS) is 13.2. The predicted molar refractivity (Wildman–Crippen MR) is 97.9 cm³/mol. The van der Waals surface area contributed by atoms with Gasteiger partial charge in [-0.05, 0) is 43.5 Å². The molecule has 132 valence electrons. The number of methoxy groups -OCH3 is 2. The van der Waals surface area contributed by atoms with Crippen molar-refractivity contribution in [2.75, 3.05) is 24.9 Å². The van der Waals surface area contributed by atoms with Crippen LogP contribution in [0.15, 0.2) is 24.3 Å².